The highest BCUT2D eigenvalue weighted by atomic mass is 35.5. The molecule has 0 radical (unpaired) electrons. The van der Waals surface area contributed by atoms with E-state index in [0.717, 1.165) is 11.3 Å². The van der Waals surface area contributed by atoms with Crippen molar-refractivity contribution in [2.45, 2.75) is 13.5 Å². The molecule has 0 heterocycles. The van der Waals surface area contributed by atoms with Crippen LogP contribution in [0.5, 0.6) is 0 Å². The first-order valence-electron chi connectivity index (χ1n) is 5.79. The first-order chi connectivity index (χ1) is 9.06. The van der Waals surface area contributed by atoms with Crippen LogP contribution in [0, 0.1) is 17.0 Å². The predicted molar refractivity (Wildman–Crippen MR) is 76.6 cm³/mol. The van der Waals surface area contributed by atoms with E-state index in [0.29, 0.717) is 6.54 Å². The van der Waals surface area contributed by atoms with Gasteiger partial charge >= 0.3 is 0 Å². The van der Waals surface area contributed by atoms with Crippen LogP contribution in [0.1, 0.15) is 11.1 Å². The lowest BCUT2D eigenvalue weighted by Crippen LogP contribution is -1.99. The first kappa shape index (κ1) is 13.4. The number of anilines is 1. The fraction of sp³-hybridized carbons (Fsp3) is 0.143. The van der Waals surface area contributed by atoms with Gasteiger partial charge in [0.1, 0.15) is 5.02 Å². The van der Waals surface area contributed by atoms with Gasteiger partial charge < -0.3 is 5.32 Å². The lowest BCUT2D eigenvalue weighted by atomic mass is 10.1. The molecule has 1 N–H and O–H groups in total. The Balaban J connectivity index is 2.06. The maximum atomic E-state index is 10.6. The van der Waals surface area contributed by atoms with Crippen LogP contribution in [0.2, 0.25) is 5.02 Å². The van der Waals surface area contributed by atoms with Crippen LogP contribution in [0.15, 0.2) is 42.5 Å². The summed E-state index contributed by atoms with van der Waals surface area (Å²) < 4.78 is 0. The number of rotatable bonds is 4. The number of hydrogen-bond donors (Lipinski definition) is 1. The number of nitrogens with zero attached hydrogens (tertiary/aromatic N) is 1. The van der Waals surface area contributed by atoms with Crippen LogP contribution in [0.4, 0.5) is 11.4 Å². The van der Waals surface area contributed by atoms with Crippen molar-refractivity contribution in [3.05, 3.63) is 68.7 Å². The third-order valence-corrected chi connectivity index (χ3v) is 3.06. The fourth-order valence-corrected chi connectivity index (χ4v) is 1.92. The molecular formula is C14H13ClN2O2. The molecule has 0 amide bonds. The van der Waals surface area contributed by atoms with Crippen molar-refractivity contribution in [3.8, 4) is 0 Å². The molecule has 19 heavy (non-hydrogen) atoms. The van der Waals surface area contributed by atoms with Crippen LogP contribution in [0.3, 0.4) is 0 Å². The summed E-state index contributed by atoms with van der Waals surface area (Å²) in [6.45, 7) is 2.68. The SMILES string of the molecule is Cc1ccc(CNc2ccc([N+](=O)[O-])c(Cl)c2)cc1. The van der Waals surface area contributed by atoms with Gasteiger partial charge in [0, 0.05) is 18.3 Å². The average molecular weight is 277 g/mol. The summed E-state index contributed by atoms with van der Waals surface area (Å²) in [7, 11) is 0. The van der Waals surface area contributed by atoms with Gasteiger partial charge in [-0.2, -0.15) is 0 Å². The van der Waals surface area contributed by atoms with Gasteiger partial charge in [0.15, 0.2) is 0 Å². The number of nitro benzene ring substituents is 1. The number of aryl methyl sites for hydroxylation is 1. The molecule has 0 aliphatic carbocycles. The smallest absolute Gasteiger partial charge is 0.288 e. The molecule has 0 fully saturated rings. The summed E-state index contributed by atoms with van der Waals surface area (Å²) in [4.78, 5) is 10.2. The highest BCUT2D eigenvalue weighted by molar-refractivity contribution is 6.32. The molecule has 0 bridgehead atoms. The highest BCUT2D eigenvalue weighted by Crippen LogP contribution is 2.27. The molecule has 0 aliphatic heterocycles. The molecule has 2 rings (SSSR count). The van der Waals surface area contributed by atoms with E-state index in [9.17, 15) is 10.1 Å². The Bertz CT molecular complexity index is 597. The highest BCUT2D eigenvalue weighted by Gasteiger charge is 2.11. The molecule has 2 aromatic rings. The van der Waals surface area contributed by atoms with Crippen molar-refractivity contribution in [2.75, 3.05) is 5.32 Å². The monoisotopic (exact) mass is 276 g/mol. The van der Waals surface area contributed by atoms with Gasteiger partial charge in [-0.15, -0.1) is 0 Å². The van der Waals surface area contributed by atoms with Gasteiger partial charge in [0.05, 0.1) is 4.92 Å². The lowest BCUT2D eigenvalue weighted by Gasteiger charge is -2.07. The average Bonchev–Trinajstić information content (AvgIpc) is 2.37. The Morgan fingerprint density at radius 2 is 1.89 bits per heavy atom. The van der Waals surface area contributed by atoms with Gasteiger partial charge in [-0.1, -0.05) is 41.4 Å². The number of halogens is 1. The summed E-state index contributed by atoms with van der Waals surface area (Å²) in [5.41, 5.74) is 3.03. The van der Waals surface area contributed by atoms with Crippen molar-refractivity contribution < 1.29 is 4.92 Å². The van der Waals surface area contributed by atoms with Crippen molar-refractivity contribution in [3.63, 3.8) is 0 Å². The van der Waals surface area contributed by atoms with E-state index in [4.69, 9.17) is 11.6 Å². The van der Waals surface area contributed by atoms with E-state index in [1.807, 2.05) is 31.2 Å². The first-order valence-corrected chi connectivity index (χ1v) is 6.17. The minimum absolute atomic E-state index is 0.0810. The molecule has 0 saturated heterocycles. The molecule has 0 aromatic heterocycles. The number of benzene rings is 2. The van der Waals surface area contributed by atoms with Crippen LogP contribution in [-0.2, 0) is 6.54 Å². The van der Waals surface area contributed by atoms with Crippen LogP contribution >= 0.6 is 11.6 Å². The summed E-state index contributed by atoms with van der Waals surface area (Å²) >= 11 is 5.85. The molecule has 0 unspecified atom stereocenters. The van der Waals surface area contributed by atoms with E-state index in [-0.39, 0.29) is 10.7 Å². The zero-order valence-corrected chi connectivity index (χ0v) is 11.1. The molecule has 0 atom stereocenters. The Kier molecular flexibility index (Phi) is 4.02. The summed E-state index contributed by atoms with van der Waals surface area (Å²) in [5.74, 6) is 0. The second kappa shape index (κ2) is 5.71. The molecule has 4 nitrogen and oxygen atoms in total. The van der Waals surface area contributed by atoms with Gasteiger partial charge in [-0.05, 0) is 24.6 Å². The van der Waals surface area contributed by atoms with E-state index in [2.05, 4.69) is 5.32 Å². The minimum atomic E-state index is -0.494. The van der Waals surface area contributed by atoms with E-state index < -0.39 is 4.92 Å². The maximum Gasteiger partial charge on any atom is 0.288 e. The van der Waals surface area contributed by atoms with Crippen molar-refractivity contribution in [2.24, 2.45) is 0 Å². The predicted octanol–water partition coefficient (Wildman–Crippen LogP) is 4.17. The van der Waals surface area contributed by atoms with E-state index >= 15 is 0 Å². The molecule has 2 aromatic carbocycles. The second-order valence-electron chi connectivity index (χ2n) is 4.26. The van der Waals surface area contributed by atoms with Gasteiger partial charge in [-0.25, -0.2) is 0 Å². The number of hydrogen-bond acceptors (Lipinski definition) is 3. The zero-order valence-electron chi connectivity index (χ0n) is 10.4. The zero-order chi connectivity index (χ0) is 13.8. The van der Waals surface area contributed by atoms with E-state index in [1.165, 1.54) is 11.6 Å². The Labute approximate surface area is 116 Å². The lowest BCUT2D eigenvalue weighted by molar-refractivity contribution is -0.384. The molecule has 0 spiro atoms. The molecule has 98 valence electrons. The van der Waals surface area contributed by atoms with Crippen LogP contribution in [-0.4, -0.2) is 4.92 Å². The Morgan fingerprint density at radius 3 is 2.47 bits per heavy atom. The van der Waals surface area contributed by atoms with E-state index in [1.54, 1.807) is 12.1 Å². The molecule has 0 aliphatic rings. The summed E-state index contributed by atoms with van der Waals surface area (Å²) in [6, 6.07) is 12.8. The van der Waals surface area contributed by atoms with Crippen molar-refractivity contribution >= 4 is 23.0 Å². The topological polar surface area (TPSA) is 55.2 Å². The van der Waals surface area contributed by atoms with Gasteiger partial charge in [-0.3, -0.25) is 10.1 Å². The van der Waals surface area contributed by atoms with Gasteiger partial charge in [0.2, 0.25) is 0 Å². The second-order valence-corrected chi connectivity index (χ2v) is 4.67. The fourth-order valence-electron chi connectivity index (χ4n) is 1.67. The third kappa shape index (κ3) is 3.45. The normalized spacial score (nSPS) is 10.2. The molecular weight excluding hydrogens is 264 g/mol. The summed E-state index contributed by atoms with van der Waals surface area (Å²) in [5, 5.41) is 14.0. The third-order valence-electron chi connectivity index (χ3n) is 2.76. The standard InChI is InChI=1S/C14H13ClN2O2/c1-10-2-4-11(5-3-10)9-16-12-6-7-14(17(18)19)13(15)8-12/h2-8,16H,9H2,1H3. The Morgan fingerprint density at radius 1 is 1.21 bits per heavy atom. The van der Waals surface area contributed by atoms with Crippen molar-refractivity contribution in [1.29, 1.82) is 0 Å². The minimum Gasteiger partial charge on any atom is -0.381 e. The van der Waals surface area contributed by atoms with Crippen LogP contribution < -0.4 is 5.32 Å². The quantitative estimate of drug-likeness (QED) is 0.673. The van der Waals surface area contributed by atoms with Gasteiger partial charge in [0.25, 0.3) is 5.69 Å². The number of nitro groups is 1. The number of nitrogens with one attached hydrogen (secondary N) is 1. The maximum absolute atomic E-state index is 10.6. The molecule has 0 saturated carbocycles. The summed E-state index contributed by atoms with van der Waals surface area (Å²) in [6.07, 6.45) is 0. The van der Waals surface area contributed by atoms with Crippen molar-refractivity contribution in [1.82, 2.24) is 0 Å². The van der Waals surface area contributed by atoms with Crippen LogP contribution in [0.25, 0.3) is 0 Å². The largest absolute Gasteiger partial charge is 0.381 e. The Hall–Kier alpha value is -2.07. The molecule has 5 heteroatoms.